The molecule has 0 bridgehead atoms. The van der Waals surface area contributed by atoms with Gasteiger partial charge in [-0.05, 0) is 33.3 Å². The summed E-state index contributed by atoms with van der Waals surface area (Å²) >= 11 is 0. The Hall–Kier alpha value is -1.62. The van der Waals surface area contributed by atoms with Crippen LogP contribution in [0.2, 0.25) is 0 Å². The molecule has 0 aliphatic carbocycles. The fourth-order valence-electron chi connectivity index (χ4n) is 1.98. The van der Waals surface area contributed by atoms with Crippen molar-refractivity contribution in [2.75, 3.05) is 19.0 Å². The van der Waals surface area contributed by atoms with Gasteiger partial charge in [0.15, 0.2) is 0 Å². The summed E-state index contributed by atoms with van der Waals surface area (Å²) in [5.74, 6) is 0.418. The second kappa shape index (κ2) is 7.98. The highest BCUT2D eigenvalue weighted by atomic mass is 16.5. The standard InChI is InChI=1S/C16H26N2O3/c1-6-8-11-16(4,20-5)15(19)18-13-9-10-14(21-7-2)17-12(13)3/h9-10H,6-8,11H2,1-5H3,(H,18,19). The number of ether oxygens (including phenoxy) is 2. The molecule has 0 saturated carbocycles. The van der Waals surface area contributed by atoms with Gasteiger partial charge in [0.05, 0.1) is 18.0 Å². The molecule has 1 amide bonds. The number of aromatic nitrogens is 1. The molecule has 1 N–H and O–H groups in total. The molecule has 1 atom stereocenters. The van der Waals surface area contributed by atoms with E-state index in [1.54, 1.807) is 19.2 Å². The molecule has 1 rings (SSSR count). The number of carbonyl (C=O) groups excluding carboxylic acids is 1. The van der Waals surface area contributed by atoms with E-state index in [2.05, 4.69) is 17.2 Å². The zero-order valence-corrected chi connectivity index (χ0v) is 13.7. The Morgan fingerprint density at radius 2 is 2.10 bits per heavy atom. The number of anilines is 1. The van der Waals surface area contributed by atoms with Gasteiger partial charge in [-0.2, -0.15) is 0 Å². The number of hydrogen-bond donors (Lipinski definition) is 1. The Bertz CT molecular complexity index is 477. The fourth-order valence-corrected chi connectivity index (χ4v) is 1.98. The third kappa shape index (κ3) is 4.70. The number of rotatable bonds is 8. The third-order valence-electron chi connectivity index (χ3n) is 3.54. The molecule has 0 radical (unpaired) electrons. The van der Waals surface area contributed by atoms with Gasteiger partial charge >= 0.3 is 0 Å². The average Bonchev–Trinajstić information content (AvgIpc) is 2.47. The maximum atomic E-state index is 12.4. The summed E-state index contributed by atoms with van der Waals surface area (Å²) in [6, 6.07) is 3.56. The fraction of sp³-hybridized carbons (Fsp3) is 0.625. The van der Waals surface area contributed by atoms with Crippen LogP contribution in [0.5, 0.6) is 5.88 Å². The van der Waals surface area contributed by atoms with Crippen LogP contribution in [0.3, 0.4) is 0 Å². The number of hydrogen-bond acceptors (Lipinski definition) is 4. The molecule has 1 unspecified atom stereocenters. The first-order valence-electron chi connectivity index (χ1n) is 7.43. The number of unbranched alkanes of at least 4 members (excludes halogenated alkanes) is 1. The van der Waals surface area contributed by atoms with Gasteiger partial charge in [0.1, 0.15) is 5.60 Å². The SMILES string of the molecule is CCCCC(C)(OC)C(=O)Nc1ccc(OCC)nc1C. The lowest BCUT2D eigenvalue weighted by Gasteiger charge is -2.27. The van der Waals surface area contributed by atoms with E-state index in [1.165, 1.54) is 0 Å². The molecule has 1 aromatic rings. The molecule has 5 nitrogen and oxygen atoms in total. The lowest BCUT2D eigenvalue weighted by Crippen LogP contribution is -2.42. The van der Waals surface area contributed by atoms with Gasteiger partial charge in [-0.1, -0.05) is 19.8 Å². The molecular formula is C16H26N2O3. The van der Waals surface area contributed by atoms with E-state index >= 15 is 0 Å². The van der Waals surface area contributed by atoms with Gasteiger partial charge in [-0.25, -0.2) is 4.98 Å². The number of nitrogens with one attached hydrogen (secondary N) is 1. The predicted molar refractivity (Wildman–Crippen MR) is 83.7 cm³/mol. The maximum absolute atomic E-state index is 12.4. The van der Waals surface area contributed by atoms with Crippen molar-refractivity contribution in [2.45, 2.75) is 52.6 Å². The minimum atomic E-state index is -0.818. The van der Waals surface area contributed by atoms with Crippen molar-refractivity contribution >= 4 is 11.6 Å². The Morgan fingerprint density at radius 1 is 1.38 bits per heavy atom. The Labute approximate surface area is 127 Å². The van der Waals surface area contributed by atoms with Crippen molar-refractivity contribution in [1.29, 1.82) is 0 Å². The van der Waals surface area contributed by atoms with Gasteiger partial charge in [0.2, 0.25) is 5.88 Å². The third-order valence-corrected chi connectivity index (χ3v) is 3.54. The second-order valence-corrected chi connectivity index (χ2v) is 5.21. The predicted octanol–water partition coefficient (Wildman–Crippen LogP) is 3.32. The van der Waals surface area contributed by atoms with Crippen LogP contribution >= 0.6 is 0 Å². The molecule has 21 heavy (non-hydrogen) atoms. The van der Waals surface area contributed by atoms with Crippen molar-refractivity contribution in [3.8, 4) is 5.88 Å². The van der Waals surface area contributed by atoms with Crippen LogP contribution in [0.4, 0.5) is 5.69 Å². The molecule has 0 saturated heterocycles. The molecule has 0 spiro atoms. The Kier molecular flexibility index (Phi) is 6.62. The number of carbonyl (C=O) groups is 1. The normalized spacial score (nSPS) is 13.6. The van der Waals surface area contributed by atoms with Crippen LogP contribution in [-0.2, 0) is 9.53 Å². The lowest BCUT2D eigenvalue weighted by molar-refractivity contribution is -0.136. The number of pyridine rings is 1. The smallest absolute Gasteiger partial charge is 0.256 e. The number of amides is 1. The zero-order valence-electron chi connectivity index (χ0n) is 13.7. The highest BCUT2D eigenvalue weighted by Gasteiger charge is 2.32. The first kappa shape index (κ1) is 17.4. The summed E-state index contributed by atoms with van der Waals surface area (Å²) in [5, 5.41) is 2.90. The maximum Gasteiger partial charge on any atom is 0.256 e. The minimum absolute atomic E-state index is 0.146. The van der Waals surface area contributed by atoms with E-state index in [4.69, 9.17) is 9.47 Å². The Morgan fingerprint density at radius 3 is 2.62 bits per heavy atom. The monoisotopic (exact) mass is 294 g/mol. The van der Waals surface area contributed by atoms with Crippen LogP contribution in [0.25, 0.3) is 0 Å². The Balaban J connectivity index is 2.81. The average molecular weight is 294 g/mol. The molecule has 5 heteroatoms. The van der Waals surface area contributed by atoms with E-state index in [1.807, 2.05) is 20.8 Å². The summed E-state index contributed by atoms with van der Waals surface area (Å²) in [5.41, 5.74) is 0.590. The van der Waals surface area contributed by atoms with E-state index in [0.717, 1.165) is 18.5 Å². The first-order chi connectivity index (χ1) is 9.96. The molecule has 0 aliphatic rings. The summed E-state index contributed by atoms with van der Waals surface area (Å²) < 4.78 is 10.8. The van der Waals surface area contributed by atoms with Crippen molar-refractivity contribution < 1.29 is 14.3 Å². The summed E-state index contributed by atoms with van der Waals surface area (Å²) in [6.45, 7) is 8.22. The number of methoxy groups -OCH3 is 1. The topological polar surface area (TPSA) is 60.5 Å². The minimum Gasteiger partial charge on any atom is -0.478 e. The van der Waals surface area contributed by atoms with Gasteiger partial charge in [-0.15, -0.1) is 0 Å². The van der Waals surface area contributed by atoms with Crippen LogP contribution in [0.1, 0.15) is 45.7 Å². The van der Waals surface area contributed by atoms with Crippen LogP contribution in [0, 0.1) is 6.92 Å². The highest BCUT2D eigenvalue weighted by Crippen LogP contribution is 2.23. The quantitative estimate of drug-likeness (QED) is 0.799. The largest absolute Gasteiger partial charge is 0.478 e. The molecular weight excluding hydrogens is 268 g/mol. The van der Waals surface area contributed by atoms with E-state index in [0.29, 0.717) is 24.6 Å². The summed E-state index contributed by atoms with van der Waals surface area (Å²) in [6.07, 6.45) is 2.66. The molecule has 0 fully saturated rings. The van der Waals surface area contributed by atoms with Gasteiger partial charge in [-0.3, -0.25) is 4.79 Å². The first-order valence-corrected chi connectivity index (χ1v) is 7.43. The van der Waals surface area contributed by atoms with Gasteiger partial charge in [0, 0.05) is 13.2 Å². The van der Waals surface area contributed by atoms with Crippen LogP contribution in [0.15, 0.2) is 12.1 Å². The van der Waals surface area contributed by atoms with Crippen molar-refractivity contribution in [3.05, 3.63) is 17.8 Å². The second-order valence-electron chi connectivity index (χ2n) is 5.21. The lowest BCUT2D eigenvalue weighted by atomic mass is 9.97. The molecule has 0 aromatic carbocycles. The van der Waals surface area contributed by atoms with Crippen LogP contribution < -0.4 is 10.1 Å². The van der Waals surface area contributed by atoms with E-state index < -0.39 is 5.60 Å². The summed E-state index contributed by atoms with van der Waals surface area (Å²) in [7, 11) is 1.57. The highest BCUT2D eigenvalue weighted by molar-refractivity contribution is 5.97. The molecule has 1 heterocycles. The molecule has 0 aliphatic heterocycles. The van der Waals surface area contributed by atoms with E-state index in [9.17, 15) is 4.79 Å². The van der Waals surface area contributed by atoms with Gasteiger partial charge < -0.3 is 14.8 Å². The number of nitrogens with zero attached hydrogens (tertiary/aromatic N) is 1. The van der Waals surface area contributed by atoms with Crippen molar-refractivity contribution in [1.82, 2.24) is 4.98 Å². The molecule has 118 valence electrons. The van der Waals surface area contributed by atoms with Crippen molar-refractivity contribution in [3.63, 3.8) is 0 Å². The van der Waals surface area contributed by atoms with Crippen LogP contribution in [-0.4, -0.2) is 30.2 Å². The van der Waals surface area contributed by atoms with Crippen molar-refractivity contribution in [2.24, 2.45) is 0 Å². The zero-order chi connectivity index (χ0) is 15.9. The molecule has 1 aromatic heterocycles. The van der Waals surface area contributed by atoms with Gasteiger partial charge in [0.25, 0.3) is 5.91 Å². The number of aryl methyl sites for hydroxylation is 1. The van der Waals surface area contributed by atoms with E-state index in [-0.39, 0.29) is 5.91 Å². The summed E-state index contributed by atoms with van der Waals surface area (Å²) in [4.78, 5) is 16.7.